The van der Waals surface area contributed by atoms with Crippen molar-refractivity contribution in [2.45, 2.75) is 34.1 Å². The molecule has 0 radical (unpaired) electrons. The van der Waals surface area contributed by atoms with E-state index in [1.807, 2.05) is 25.1 Å². The van der Waals surface area contributed by atoms with Crippen molar-refractivity contribution in [3.8, 4) is 5.75 Å². The Labute approximate surface area is 145 Å². The number of hydrogen-bond donors (Lipinski definition) is 0. The third kappa shape index (κ3) is 6.19. The summed E-state index contributed by atoms with van der Waals surface area (Å²) in [5, 5.41) is 0. The van der Waals surface area contributed by atoms with Crippen molar-refractivity contribution in [1.29, 1.82) is 0 Å². The van der Waals surface area contributed by atoms with Gasteiger partial charge in [0.1, 0.15) is 11.5 Å². The normalized spacial score (nSPS) is 12.7. The van der Waals surface area contributed by atoms with Gasteiger partial charge in [-0.1, -0.05) is 51.3 Å². The van der Waals surface area contributed by atoms with Gasteiger partial charge in [-0.25, -0.2) is 0 Å². The smallest absolute Gasteiger partial charge is 0.120 e. The highest BCUT2D eigenvalue weighted by atomic mass is 32.2. The molecule has 0 saturated heterocycles. The van der Waals surface area contributed by atoms with Gasteiger partial charge >= 0.3 is 0 Å². The van der Waals surface area contributed by atoms with E-state index in [-0.39, 0.29) is 0 Å². The Balaban J connectivity index is 3.08. The first kappa shape index (κ1) is 19.4. The van der Waals surface area contributed by atoms with E-state index in [9.17, 15) is 0 Å². The van der Waals surface area contributed by atoms with Gasteiger partial charge < -0.3 is 9.47 Å². The summed E-state index contributed by atoms with van der Waals surface area (Å²) in [5.41, 5.74) is 1.95. The van der Waals surface area contributed by atoms with Gasteiger partial charge in [-0.05, 0) is 48.4 Å². The summed E-state index contributed by atoms with van der Waals surface area (Å²) >= 11 is 1.66. The van der Waals surface area contributed by atoms with E-state index < -0.39 is 0 Å². The van der Waals surface area contributed by atoms with Crippen molar-refractivity contribution >= 4 is 22.4 Å². The Bertz CT molecular complexity index is 587. The monoisotopic (exact) mass is 332 g/mol. The van der Waals surface area contributed by atoms with Crippen molar-refractivity contribution < 1.29 is 9.47 Å². The molecule has 1 atom stereocenters. The van der Waals surface area contributed by atoms with E-state index in [1.165, 1.54) is 4.91 Å². The molecule has 1 rings (SSSR count). The summed E-state index contributed by atoms with van der Waals surface area (Å²) < 4.78 is 11.2. The molecule has 126 valence electrons. The molecule has 0 aromatic heterocycles. The van der Waals surface area contributed by atoms with Crippen molar-refractivity contribution in [3.05, 3.63) is 53.5 Å². The van der Waals surface area contributed by atoms with E-state index in [0.717, 1.165) is 28.2 Å². The third-order valence-corrected chi connectivity index (χ3v) is 4.76. The summed E-state index contributed by atoms with van der Waals surface area (Å²) in [6.45, 7) is 17.3. The molecule has 0 heterocycles. The molecule has 1 aromatic rings. The Hall–Kier alpha value is -1.61. The zero-order valence-electron chi connectivity index (χ0n) is 14.9. The summed E-state index contributed by atoms with van der Waals surface area (Å²) in [5.74, 6) is 1.98. The minimum atomic E-state index is 0.524. The molecule has 0 aliphatic rings. The van der Waals surface area contributed by atoms with Crippen LogP contribution in [-0.4, -0.2) is 13.7 Å². The number of hydrogen-bond acceptors (Lipinski definition) is 3. The summed E-state index contributed by atoms with van der Waals surface area (Å²) in [7, 11) is 1.63. The quantitative estimate of drug-likeness (QED) is 0.490. The molecular weight excluding hydrogens is 304 g/mol. The SMILES string of the molecule is C=C(OC)c1cc(OC[C@H](C)CC)cc(C(=C)S/C(C)=C\C)c1. The van der Waals surface area contributed by atoms with Crippen LogP contribution in [0.15, 0.2) is 42.3 Å². The molecule has 23 heavy (non-hydrogen) atoms. The van der Waals surface area contributed by atoms with Crippen LogP contribution in [-0.2, 0) is 4.74 Å². The maximum absolute atomic E-state index is 5.95. The second-order valence-electron chi connectivity index (χ2n) is 5.62. The molecule has 2 nitrogen and oxygen atoms in total. The first-order valence-electron chi connectivity index (χ1n) is 7.92. The molecule has 0 spiro atoms. The highest BCUT2D eigenvalue weighted by Crippen LogP contribution is 2.35. The van der Waals surface area contributed by atoms with Crippen molar-refractivity contribution in [2.24, 2.45) is 5.92 Å². The second-order valence-corrected chi connectivity index (χ2v) is 6.96. The maximum atomic E-state index is 5.95. The van der Waals surface area contributed by atoms with Crippen LogP contribution in [0.25, 0.3) is 10.7 Å². The molecule has 0 aliphatic carbocycles. The Morgan fingerprint density at radius 3 is 2.48 bits per heavy atom. The van der Waals surface area contributed by atoms with Crippen LogP contribution < -0.4 is 4.74 Å². The number of allylic oxidation sites excluding steroid dienone is 2. The Morgan fingerprint density at radius 2 is 1.91 bits per heavy atom. The molecule has 0 unspecified atom stereocenters. The summed E-state index contributed by atoms with van der Waals surface area (Å²) in [6, 6.07) is 6.05. The first-order chi connectivity index (χ1) is 10.9. The van der Waals surface area contributed by atoms with Crippen LogP contribution in [0.4, 0.5) is 0 Å². The fourth-order valence-electron chi connectivity index (χ4n) is 1.79. The van der Waals surface area contributed by atoms with Gasteiger partial charge in [0.05, 0.1) is 13.7 Å². The molecule has 1 aromatic carbocycles. The standard InChI is InChI=1S/C20H28O2S/c1-8-14(3)13-22-20-11-18(16(5)21-7)10-19(12-20)17(6)23-15(4)9-2/h9-12,14H,5-6,8,13H2,1-4,7H3/b15-9-/t14-/m1/s1. The summed E-state index contributed by atoms with van der Waals surface area (Å²) in [4.78, 5) is 2.20. The van der Waals surface area contributed by atoms with E-state index in [0.29, 0.717) is 18.3 Å². The predicted molar refractivity (Wildman–Crippen MR) is 103 cm³/mol. The largest absolute Gasteiger partial charge is 0.497 e. The lowest BCUT2D eigenvalue weighted by Gasteiger charge is -2.15. The van der Waals surface area contributed by atoms with Crippen LogP contribution in [0.2, 0.25) is 0 Å². The molecule has 3 heteroatoms. The van der Waals surface area contributed by atoms with Gasteiger partial charge in [-0.2, -0.15) is 0 Å². The number of thioether (sulfide) groups is 1. The fourth-order valence-corrected chi connectivity index (χ4v) is 2.53. The molecule has 0 aliphatic heterocycles. The van der Waals surface area contributed by atoms with Gasteiger partial charge in [-0.15, -0.1) is 0 Å². The topological polar surface area (TPSA) is 18.5 Å². The molecule has 0 N–H and O–H groups in total. The van der Waals surface area contributed by atoms with E-state index in [4.69, 9.17) is 9.47 Å². The van der Waals surface area contributed by atoms with E-state index in [1.54, 1.807) is 18.9 Å². The lowest BCUT2D eigenvalue weighted by atomic mass is 10.1. The number of methoxy groups -OCH3 is 1. The zero-order valence-corrected chi connectivity index (χ0v) is 15.8. The van der Waals surface area contributed by atoms with Crippen molar-refractivity contribution in [1.82, 2.24) is 0 Å². The molecular formula is C20H28O2S. The van der Waals surface area contributed by atoms with Crippen LogP contribution >= 0.6 is 11.8 Å². The van der Waals surface area contributed by atoms with Gasteiger partial charge in [-0.3, -0.25) is 0 Å². The Kier molecular flexibility index (Phi) is 8.04. The van der Waals surface area contributed by atoms with Gasteiger partial charge in [0.25, 0.3) is 0 Å². The lowest BCUT2D eigenvalue weighted by Crippen LogP contribution is -2.07. The minimum absolute atomic E-state index is 0.524. The predicted octanol–water partition coefficient (Wildman–Crippen LogP) is 6.36. The minimum Gasteiger partial charge on any atom is -0.497 e. The van der Waals surface area contributed by atoms with Gasteiger partial charge in [0, 0.05) is 10.5 Å². The van der Waals surface area contributed by atoms with Crippen LogP contribution in [0.1, 0.15) is 45.2 Å². The maximum Gasteiger partial charge on any atom is 0.120 e. The number of rotatable bonds is 9. The zero-order chi connectivity index (χ0) is 17.4. The Morgan fingerprint density at radius 1 is 1.26 bits per heavy atom. The number of benzene rings is 1. The van der Waals surface area contributed by atoms with Gasteiger partial charge in [0.2, 0.25) is 0 Å². The number of ether oxygens (including phenoxy) is 2. The van der Waals surface area contributed by atoms with Crippen LogP contribution in [0.5, 0.6) is 5.75 Å². The average Bonchev–Trinajstić information content (AvgIpc) is 2.58. The summed E-state index contributed by atoms with van der Waals surface area (Å²) in [6.07, 6.45) is 3.18. The molecule has 0 amide bonds. The van der Waals surface area contributed by atoms with Crippen LogP contribution in [0, 0.1) is 5.92 Å². The highest BCUT2D eigenvalue weighted by Gasteiger charge is 2.10. The third-order valence-electron chi connectivity index (χ3n) is 3.72. The van der Waals surface area contributed by atoms with Crippen LogP contribution in [0.3, 0.4) is 0 Å². The van der Waals surface area contributed by atoms with E-state index in [2.05, 4.69) is 40.0 Å². The van der Waals surface area contributed by atoms with E-state index >= 15 is 0 Å². The van der Waals surface area contributed by atoms with Crippen molar-refractivity contribution in [3.63, 3.8) is 0 Å². The molecule has 0 saturated carbocycles. The van der Waals surface area contributed by atoms with Crippen molar-refractivity contribution in [2.75, 3.05) is 13.7 Å². The first-order valence-corrected chi connectivity index (χ1v) is 8.74. The average molecular weight is 333 g/mol. The lowest BCUT2D eigenvalue weighted by molar-refractivity contribution is 0.256. The highest BCUT2D eigenvalue weighted by molar-refractivity contribution is 8.11. The second kappa shape index (κ2) is 9.51. The molecule has 0 fully saturated rings. The fraction of sp³-hybridized carbons (Fsp3) is 0.400. The van der Waals surface area contributed by atoms with Gasteiger partial charge in [0.15, 0.2) is 0 Å². The molecule has 0 bridgehead atoms.